The quantitative estimate of drug-likeness (QED) is 0.360. The zero-order chi connectivity index (χ0) is 23.2. The molecule has 1 amide bonds. The topological polar surface area (TPSA) is 46.1 Å². The van der Waals surface area contributed by atoms with Crippen LogP contribution in [0.1, 0.15) is 18.1 Å². The van der Waals surface area contributed by atoms with Gasteiger partial charge in [-0.05, 0) is 78.1 Å². The highest BCUT2D eigenvalue weighted by atomic mass is 35.5. The lowest BCUT2D eigenvalue weighted by molar-refractivity contribution is -0.122. The Kier molecular flexibility index (Phi) is 5.17. The van der Waals surface area contributed by atoms with Crippen molar-refractivity contribution in [2.75, 3.05) is 4.90 Å². The van der Waals surface area contributed by atoms with Crippen molar-refractivity contribution in [1.82, 2.24) is 9.97 Å². The molecule has 0 aliphatic carbocycles. The van der Waals surface area contributed by atoms with Gasteiger partial charge in [-0.3, -0.25) is 4.79 Å². The normalized spacial score (nSPS) is 17.3. The number of nitrogens with zero attached hydrogens (tertiary/aromatic N) is 3. The molecule has 1 atom stereocenters. The molecule has 0 spiro atoms. The third-order valence-corrected chi connectivity index (χ3v) is 6.17. The summed E-state index contributed by atoms with van der Waals surface area (Å²) in [6, 6.07) is 18.1. The van der Waals surface area contributed by atoms with E-state index in [4.69, 9.17) is 11.6 Å². The second-order valence-corrected chi connectivity index (χ2v) is 8.65. The van der Waals surface area contributed by atoms with Crippen molar-refractivity contribution in [3.63, 3.8) is 0 Å². The number of amides is 1. The summed E-state index contributed by atoms with van der Waals surface area (Å²) in [4.78, 5) is 23.8. The summed E-state index contributed by atoms with van der Waals surface area (Å²) in [5.74, 6) is -1.38. The Morgan fingerprint density at radius 1 is 0.909 bits per heavy atom. The van der Waals surface area contributed by atoms with Crippen molar-refractivity contribution >= 4 is 29.1 Å². The van der Waals surface area contributed by atoms with Crippen LogP contribution < -0.4 is 4.90 Å². The van der Waals surface area contributed by atoms with Gasteiger partial charge in [0.05, 0.1) is 11.1 Å². The summed E-state index contributed by atoms with van der Waals surface area (Å²) in [5.41, 5.74) is 2.51. The van der Waals surface area contributed by atoms with Crippen LogP contribution in [0.15, 0.2) is 79.1 Å². The largest absolute Gasteiger partial charge is 0.273 e. The molecule has 0 bridgehead atoms. The predicted molar refractivity (Wildman–Crippen MR) is 123 cm³/mol. The highest BCUT2D eigenvalue weighted by molar-refractivity contribution is 6.30. The molecule has 4 aromatic rings. The molecular formula is C26H18ClF2N3O. The monoisotopic (exact) mass is 461 g/mol. The van der Waals surface area contributed by atoms with Gasteiger partial charge in [0.1, 0.15) is 11.6 Å². The van der Waals surface area contributed by atoms with Gasteiger partial charge < -0.3 is 0 Å². The van der Waals surface area contributed by atoms with E-state index >= 15 is 0 Å². The molecule has 0 fully saturated rings. The minimum absolute atomic E-state index is 0.112. The predicted octanol–water partition coefficient (Wildman–Crippen LogP) is 6.25. The van der Waals surface area contributed by atoms with Gasteiger partial charge in [0.25, 0.3) is 0 Å². The third kappa shape index (κ3) is 3.76. The van der Waals surface area contributed by atoms with Gasteiger partial charge in [0.2, 0.25) is 11.9 Å². The zero-order valence-corrected chi connectivity index (χ0v) is 18.4. The second-order valence-electron chi connectivity index (χ2n) is 8.21. The average molecular weight is 462 g/mol. The lowest BCUT2D eigenvalue weighted by Crippen LogP contribution is -2.38. The minimum Gasteiger partial charge on any atom is -0.273 e. The number of rotatable bonds is 4. The van der Waals surface area contributed by atoms with Crippen molar-refractivity contribution in [2.24, 2.45) is 0 Å². The Bertz CT molecular complexity index is 1340. The average Bonchev–Trinajstić information content (AvgIpc) is 3.00. The molecule has 1 aliphatic rings. The molecule has 0 saturated carbocycles. The van der Waals surface area contributed by atoms with E-state index in [1.807, 2.05) is 30.3 Å². The van der Waals surface area contributed by atoms with Gasteiger partial charge in [-0.2, -0.15) is 0 Å². The molecule has 0 radical (unpaired) electrons. The first-order valence-corrected chi connectivity index (χ1v) is 10.7. The molecule has 3 aromatic carbocycles. The lowest BCUT2D eigenvalue weighted by Gasteiger charge is -2.24. The third-order valence-electron chi connectivity index (χ3n) is 5.92. The fourth-order valence-corrected chi connectivity index (χ4v) is 4.49. The molecular weight excluding hydrogens is 444 g/mol. The number of benzene rings is 3. The van der Waals surface area contributed by atoms with Crippen molar-refractivity contribution < 1.29 is 13.6 Å². The van der Waals surface area contributed by atoms with E-state index in [0.717, 1.165) is 22.8 Å². The molecule has 1 unspecified atom stereocenters. The number of aromatic nitrogens is 2. The molecule has 0 N–H and O–H groups in total. The number of carbonyl (C=O) groups excluding carboxylic acids is 1. The molecule has 33 heavy (non-hydrogen) atoms. The summed E-state index contributed by atoms with van der Waals surface area (Å²) >= 11 is 6.03. The highest BCUT2D eigenvalue weighted by Crippen LogP contribution is 2.47. The Morgan fingerprint density at radius 2 is 1.55 bits per heavy atom. The number of anilines is 2. The van der Waals surface area contributed by atoms with E-state index in [-0.39, 0.29) is 18.3 Å². The minimum atomic E-state index is -1.09. The van der Waals surface area contributed by atoms with E-state index in [2.05, 4.69) is 9.97 Å². The lowest BCUT2D eigenvalue weighted by atomic mass is 9.77. The summed E-state index contributed by atoms with van der Waals surface area (Å²) in [6.45, 7) is 1.78. The van der Waals surface area contributed by atoms with E-state index in [1.165, 1.54) is 17.0 Å². The van der Waals surface area contributed by atoms with Crippen molar-refractivity contribution in [3.05, 3.63) is 107 Å². The summed E-state index contributed by atoms with van der Waals surface area (Å²) in [6.07, 6.45) is 3.24. The first-order chi connectivity index (χ1) is 15.8. The van der Waals surface area contributed by atoms with Crippen LogP contribution in [0.4, 0.5) is 20.4 Å². The molecule has 1 aliphatic heterocycles. The van der Waals surface area contributed by atoms with Gasteiger partial charge in [-0.25, -0.2) is 23.6 Å². The smallest absolute Gasteiger partial charge is 0.244 e. The molecule has 4 nitrogen and oxygen atoms in total. The van der Waals surface area contributed by atoms with E-state index in [9.17, 15) is 13.6 Å². The van der Waals surface area contributed by atoms with Crippen LogP contribution in [0, 0.1) is 11.6 Å². The molecule has 164 valence electrons. The van der Waals surface area contributed by atoms with Gasteiger partial charge in [0.15, 0.2) is 0 Å². The molecule has 7 heteroatoms. The SMILES string of the molecule is CC1(Cc2cc(F)cc(F)c2)C(=O)N(c2ncccn2)c2ccc(-c3ccc(Cl)cc3)cc21. The van der Waals surface area contributed by atoms with Crippen molar-refractivity contribution in [1.29, 1.82) is 0 Å². The maximum atomic E-state index is 13.9. The van der Waals surface area contributed by atoms with Crippen LogP contribution >= 0.6 is 11.6 Å². The van der Waals surface area contributed by atoms with E-state index in [1.54, 1.807) is 37.5 Å². The Labute approximate surface area is 194 Å². The van der Waals surface area contributed by atoms with E-state index in [0.29, 0.717) is 16.3 Å². The molecule has 5 rings (SSSR count). The van der Waals surface area contributed by atoms with Crippen LogP contribution in [-0.2, 0) is 16.6 Å². The van der Waals surface area contributed by atoms with Crippen molar-refractivity contribution in [2.45, 2.75) is 18.8 Å². The molecule has 1 aromatic heterocycles. The zero-order valence-electron chi connectivity index (χ0n) is 17.6. The summed E-state index contributed by atoms with van der Waals surface area (Å²) in [7, 11) is 0. The fraction of sp³-hybridized carbons (Fsp3) is 0.115. The van der Waals surface area contributed by atoms with Gasteiger partial charge in [0, 0.05) is 23.5 Å². The second kappa shape index (κ2) is 8.05. The van der Waals surface area contributed by atoms with Crippen LogP contribution in [0.25, 0.3) is 11.1 Å². The van der Waals surface area contributed by atoms with Gasteiger partial charge >= 0.3 is 0 Å². The highest BCUT2D eigenvalue weighted by Gasteiger charge is 2.49. The number of carbonyl (C=O) groups is 1. The number of hydrogen-bond donors (Lipinski definition) is 0. The fourth-order valence-electron chi connectivity index (χ4n) is 4.36. The molecule has 0 saturated heterocycles. The van der Waals surface area contributed by atoms with Crippen LogP contribution in [0.3, 0.4) is 0 Å². The molecule has 2 heterocycles. The van der Waals surface area contributed by atoms with Crippen LogP contribution in [0.2, 0.25) is 5.02 Å². The Morgan fingerprint density at radius 3 is 2.21 bits per heavy atom. The standard InChI is InChI=1S/C26H18ClF2N3O/c1-26(15-16-11-20(28)14-21(29)12-16)22-13-18(17-3-6-19(27)7-4-17)5-8-23(22)32(24(26)33)25-30-9-2-10-31-25/h2-14H,15H2,1H3. The van der Waals surface area contributed by atoms with E-state index < -0.39 is 17.0 Å². The maximum absolute atomic E-state index is 13.9. The maximum Gasteiger partial charge on any atom is 0.244 e. The van der Waals surface area contributed by atoms with Crippen LogP contribution in [0.5, 0.6) is 0 Å². The first-order valence-electron chi connectivity index (χ1n) is 10.3. The number of hydrogen-bond acceptors (Lipinski definition) is 3. The van der Waals surface area contributed by atoms with Gasteiger partial charge in [-0.15, -0.1) is 0 Å². The van der Waals surface area contributed by atoms with Crippen molar-refractivity contribution in [3.8, 4) is 11.1 Å². The summed E-state index contributed by atoms with van der Waals surface area (Å²) < 4.78 is 27.8. The van der Waals surface area contributed by atoms with Crippen LogP contribution in [-0.4, -0.2) is 15.9 Å². The Balaban J connectivity index is 1.67. The number of halogens is 3. The first kappa shape index (κ1) is 21.2. The number of fused-ring (bicyclic) bond motifs is 1. The Hall–Kier alpha value is -3.64. The summed E-state index contributed by atoms with van der Waals surface area (Å²) in [5, 5.41) is 0.625. The van der Waals surface area contributed by atoms with Gasteiger partial charge in [-0.1, -0.05) is 29.8 Å².